The second-order valence-electron chi connectivity index (χ2n) is 3.87. The van der Waals surface area contributed by atoms with Gasteiger partial charge in [-0.1, -0.05) is 25.2 Å². The van der Waals surface area contributed by atoms with E-state index in [1.807, 2.05) is 6.07 Å². The number of hydrogen-bond acceptors (Lipinski definition) is 7. The Hall–Kier alpha value is -2.18. The average molecular weight is 326 g/mol. The molecule has 1 heterocycles. The summed E-state index contributed by atoms with van der Waals surface area (Å²) < 4.78 is 4.71. The molecule has 0 aliphatic carbocycles. The fraction of sp³-hybridized carbons (Fsp3) is 0.333. The summed E-state index contributed by atoms with van der Waals surface area (Å²) in [5, 5.41) is 34.0. The van der Waals surface area contributed by atoms with Gasteiger partial charge in [-0.3, -0.25) is 10.1 Å². The van der Waals surface area contributed by atoms with Gasteiger partial charge in [0.25, 0.3) is 5.70 Å². The predicted octanol–water partition coefficient (Wildman–Crippen LogP) is 1.10. The van der Waals surface area contributed by atoms with Crippen molar-refractivity contribution in [2.75, 3.05) is 6.61 Å². The number of ether oxygens (including phenoxy) is 1. The highest BCUT2D eigenvalue weighted by Gasteiger charge is 2.38. The van der Waals surface area contributed by atoms with Crippen molar-refractivity contribution in [1.29, 1.82) is 5.26 Å². The number of allylic oxidation sites excluding steroid dienone is 1. The van der Waals surface area contributed by atoms with E-state index in [1.165, 1.54) is 18.3 Å². The molecule has 2 unspecified atom stereocenters. The molecule has 1 aromatic heterocycles. The van der Waals surface area contributed by atoms with Crippen molar-refractivity contribution in [3.05, 3.63) is 44.1 Å². The highest BCUT2D eigenvalue weighted by molar-refractivity contribution is 7.80. The summed E-state index contributed by atoms with van der Waals surface area (Å²) in [4.78, 5) is 10.7. The van der Waals surface area contributed by atoms with Crippen molar-refractivity contribution >= 4 is 28.5 Å². The highest BCUT2D eigenvalue weighted by Crippen LogP contribution is 2.36. The van der Waals surface area contributed by atoms with Crippen LogP contribution in [-0.2, 0) is 4.74 Å². The third-order valence-electron chi connectivity index (χ3n) is 2.60. The highest BCUT2D eigenvalue weighted by atomic mass is 32.1. The van der Waals surface area contributed by atoms with Gasteiger partial charge in [-0.15, -0.1) is 11.3 Å². The van der Waals surface area contributed by atoms with Crippen LogP contribution in [-0.4, -0.2) is 16.5 Å². The number of nitro groups is 1. The molecule has 0 aliphatic rings. The lowest BCUT2D eigenvalue weighted by molar-refractivity contribution is -0.461. The maximum Gasteiger partial charge on any atom is 0.277 e. The minimum Gasteiger partial charge on any atom is -0.609 e. The van der Waals surface area contributed by atoms with Crippen LogP contribution in [0.15, 0.2) is 29.2 Å². The maximum atomic E-state index is 11.9. The summed E-state index contributed by atoms with van der Waals surface area (Å²) in [6.45, 7) is 1.52. The molecule has 9 heteroatoms. The molecule has 0 spiro atoms. The third kappa shape index (κ3) is 3.90. The smallest absolute Gasteiger partial charge is 0.277 e. The zero-order valence-electron chi connectivity index (χ0n) is 11.0. The van der Waals surface area contributed by atoms with E-state index in [1.54, 1.807) is 17.5 Å². The van der Waals surface area contributed by atoms with Crippen LogP contribution in [0.1, 0.15) is 17.7 Å². The quantitative estimate of drug-likeness (QED) is 0.344. The number of hydrogen-bond donors (Lipinski definition) is 1. The molecule has 1 aromatic rings. The van der Waals surface area contributed by atoms with Gasteiger partial charge >= 0.3 is 0 Å². The van der Waals surface area contributed by atoms with E-state index in [4.69, 9.17) is 22.7 Å². The summed E-state index contributed by atoms with van der Waals surface area (Å²) in [6, 6.07) is 5.07. The van der Waals surface area contributed by atoms with Crippen molar-refractivity contribution in [2.24, 2.45) is 11.7 Å². The lowest BCUT2D eigenvalue weighted by Crippen LogP contribution is -2.31. The number of thiocarbonyl (C=S) groups is 1. The second-order valence-corrected chi connectivity index (χ2v) is 5.32. The Kier molecular flexibility index (Phi) is 6.08. The Morgan fingerprint density at radius 2 is 2.38 bits per heavy atom. The second kappa shape index (κ2) is 7.56. The first-order valence-corrected chi connectivity index (χ1v) is 7.13. The Bertz CT molecular complexity index is 592. The minimum absolute atomic E-state index is 0.0162. The SMILES string of the molecule is CCO/C([O-])=C(/C(c1cccs1)C(C#N)C(N)=S)[N+](=O)[O-]. The van der Waals surface area contributed by atoms with E-state index in [0.717, 1.165) is 0 Å². The van der Waals surface area contributed by atoms with Crippen LogP contribution in [0.2, 0.25) is 0 Å². The first-order valence-electron chi connectivity index (χ1n) is 5.84. The maximum absolute atomic E-state index is 11.9. The van der Waals surface area contributed by atoms with E-state index in [2.05, 4.69) is 0 Å². The van der Waals surface area contributed by atoms with Gasteiger partial charge in [0.1, 0.15) is 17.8 Å². The van der Waals surface area contributed by atoms with E-state index in [-0.39, 0.29) is 11.6 Å². The van der Waals surface area contributed by atoms with E-state index < -0.39 is 28.4 Å². The lowest BCUT2D eigenvalue weighted by Gasteiger charge is -2.21. The summed E-state index contributed by atoms with van der Waals surface area (Å²) >= 11 is 5.97. The summed E-state index contributed by atoms with van der Waals surface area (Å²) in [5.41, 5.74) is 4.75. The fourth-order valence-electron chi connectivity index (χ4n) is 1.75. The van der Waals surface area contributed by atoms with Gasteiger partial charge in [0.2, 0.25) is 0 Å². The molecule has 2 atom stereocenters. The zero-order chi connectivity index (χ0) is 16.0. The molecule has 0 amide bonds. The van der Waals surface area contributed by atoms with Gasteiger partial charge in [0.15, 0.2) is 0 Å². The summed E-state index contributed by atoms with van der Waals surface area (Å²) in [7, 11) is 0. The van der Waals surface area contributed by atoms with Crippen LogP contribution in [0.4, 0.5) is 0 Å². The van der Waals surface area contributed by atoms with Crippen molar-refractivity contribution < 1.29 is 14.8 Å². The van der Waals surface area contributed by atoms with Gasteiger partial charge in [-0.05, 0) is 18.1 Å². The van der Waals surface area contributed by atoms with Crippen molar-refractivity contribution in [2.45, 2.75) is 12.8 Å². The number of nitrogens with two attached hydrogens (primary N) is 1. The molecule has 112 valence electrons. The normalized spacial score (nSPS) is 14.5. The third-order valence-corrected chi connectivity index (χ3v) is 3.81. The van der Waals surface area contributed by atoms with Gasteiger partial charge in [-0.2, -0.15) is 5.26 Å². The number of thiophene rings is 1. The topological polar surface area (TPSA) is 125 Å². The first-order chi connectivity index (χ1) is 9.93. The van der Waals surface area contributed by atoms with Crippen LogP contribution in [0, 0.1) is 27.4 Å². The summed E-state index contributed by atoms with van der Waals surface area (Å²) in [6.07, 6.45) is 0. The van der Waals surface area contributed by atoms with Crippen LogP contribution in [0.25, 0.3) is 0 Å². The lowest BCUT2D eigenvalue weighted by atomic mass is 9.89. The minimum atomic E-state index is -1.16. The molecule has 0 radical (unpaired) electrons. The average Bonchev–Trinajstić information content (AvgIpc) is 2.91. The molecular formula is C12H12N3O4S2-. The fourth-order valence-corrected chi connectivity index (χ4v) is 2.80. The molecule has 0 aliphatic heterocycles. The van der Waals surface area contributed by atoms with Gasteiger partial charge in [0, 0.05) is 4.88 Å². The van der Waals surface area contributed by atoms with Crippen LogP contribution in [0.3, 0.4) is 0 Å². The predicted molar refractivity (Wildman–Crippen MR) is 78.6 cm³/mol. The van der Waals surface area contributed by atoms with Gasteiger partial charge in [0.05, 0.1) is 16.0 Å². The van der Waals surface area contributed by atoms with Gasteiger partial charge in [-0.25, -0.2) is 0 Å². The van der Waals surface area contributed by atoms with Crippen molar-refractivity contribution in [3.8, 4) is 6.07 Å². The number of rotatable bonds is 7. The summed E-state index contributed by atoms with van der Waals surface area (Å²) in [5.74, 6) is -3.40. The van der Waals surface area contributed by atoms with Crippen LogP contribution >= 0.6 is 23.6 Å². The molecule has 2 N–H and O–H groups in total. The molecular weight excluding hydrogens is 314 g/mol. The Labute approximate surface area is 130 Å². The molecule has 0 saturated heterocycles. The van der Waals surface area contributed by atoms with Crippen LogP contribution < -0.4 is 10.8 Å². The van der Waals surface area contributed by atoms with E-state index in [9.17, 15) is 20.5 Å². The molecule has 0 bridgehead atoms. The van der Waals surface area contributed by atoms with E-state index >= 15 is 0 Å². The number of nitrogens with zero attached hydrogens (tertiary/aromatic N) is 2. The molecule has 7 nitrogen and oxygen atoms in total. The molecule has 1 rings (SSSR count). The molecule has 21 heavy (non-hydrogen) atoms. The Morgan fingerprint density at radius 1 is 1.71 bits per heavy atom. The van der Waals surface area contributed by atoms with Crippen LogP contribution in [0.5, 0.6) is 0 Å². The zero-order valence-corrected chi connectivity index (χ0v) is 12.6. The Balaban J connectivity index is 3.48. The van der Waals surface area contributed by atoms with Crippen molar-refractivity contribution in [1.82, 2.24) is 0 Å². The largest absolute Gasteiger partial charge is 0.609 e. The molecule has 0 aromatic carbocycles. The monoisotopic (exact) mass is 326 g/mol. The number of nitriles is 1. The Morgan fingerprint density at radius 3 is 2.76 bits per heavy atom. The first kappa shape index (κ1) is 16.9. The van der Waals surface area contributed by atoms with Gasteiger partial charge < -0.3 is 15.6 Å². The van der Waals surface area contributed by atoms with E-state index in [0.29, 0.717) is 4.88 Å². The molecule has 0 saturated carbocycles. The standard InChI is InChI=1S/C12H13N3O4S2/c1-2-19-12(16)10(15(17)18)9(7(6-13)11(14)20)8-4-3-5-21-8/h3-5,7,9,16H,2H2,1H3,(H2,14,20)/p-1/b12-10-. The molecule has 0 fully saturated rings. The van der Waals surface area contributed by atoms with Crippen molar-refractivity contribution in [3.63, 3.8) is 0 Å².